The predicted octanol–water partition coefficient (Wildman–Crippen LogP) is 2.37. The highest BCUT2D eigenvalue weighted by molar-refractivity contribution is 6.02. The average Bonchev–Trinajstić information content (AvgIpc) is 2.89. The molecule has 0 fully saturated rings. The summed E-state index contributed by atoms with van der Waals surface area (Å²) in [7, 11) is 0. The molecule has 6 heteroatoms. The summed E-state index contributed by atoms with van der Waals surface area (Å²) < 4.78 is 1.60. The molecule has 6 nitrogen and oxygen atoms in total. The Morgan fingerprint density at radius 3 is 2.79 bits per heavy atom. The Labute approximate surface area is 109 Å². The van der Waals surface area contributed by atoms with Gasteiger partial charge >= 0.3 is 6.03 Å². The SMILES string of the molecule is O=C(Nc1ccccc1)Nc1cncn2nccc12. The molecule has 94 valence electrons. The van der Waals surface area contributed by atoms with E-state index in [1.165, 1.54) is 0 Å². The molecule has 2 amide bonds. The number of hydrogen-bond donors (Lipinski definition) is 2. The Hall–Kier alpha value is -2.89. The van der Waals surface area contributed by atoms with Gasteiger partial charge in [-0.05, 0) is 18.2 Å². The van der Waals surface area contributed by atoms with E-state index < -0.39 is 0 Å². The first-order valence-corrected chi connectivity index (χ1v) is 5.73. The number of anilines is 2. The molecule has 2 aromatic heterocycles. The number of nitrogens with zero attached hydrogens (tertiary/aromatic N) is 3. The van der Waals surface area contributed by atoms with Crippen molar-refractivity contribution in [3.63, 3.8) is 0 Å². The predicted molar refractivity (Wildman–Crippen MR) is 72.1 cm³/mol. The van der Waals surface area contributed by atoms with Crippen LogP contribution in [0.5, 0.6) is 0 Å². The molecule has 0 aliphatic heterocycles. The summed E-state index contributed by atoms with van der Waals surface area (Å²) in [6.07, 6.45) is 4.81. The second kappa shape index (κ2) is 4.77. The first-order valence-electron chi connectivity index (χ1n) is 5.73. The van der Waals surface area contributed by atoms with Crippen LogP contribution in [0.2, 0.25) is 0 Å². The van der Waals surface area contributed by atoms with E-state index >= 15 is 0 Å². The maximum Gasteiger partial charge on any atom is 0.323 e. The van der Waals surface area contributed by atoms with Crippen molar-refractivity contribution in [1.29, 1.82) is 0 Å². The Bertz CT molecular complexity index is 707. The highest BCUT2D eigenvalue weighted by atomic mass is 16.2. The summed E-state index contributed by atoms with van der Waals surface area (Å²) in [5.41, 5.74) is 2.13. The summed E-state index contributed by atoms with van der Waals surface area (Å²) in [6.45, 7) is 0. The van der Waals surface area contributed by atoms with Gasteiger partial charge < -0.3 is 10.6 Å². The lowest BCUT2D eigenvalue weighted by Crippen LogP contribution is -2.19. The molecule has 3 rings (SSSR count). The monoisotopic (exact) mass is 253 g/mol. The summed E-state index contributed by atoms with van der Waals surface area (Å²) >= 11 is 0. The standard InChI is InChI=1S/C13H11N5O/c19-13(16-10-4-2-1-3-5-10)17-11-8-14-9-18-12(11)6-7-15-18/h1-9H,(H2,16,17,19). The van der Waals surface area contributed by atoms with Crippen LogP contribution < -0.4 is 10.6 Å². The highest BCUT2D eigenvalue weighted by Crippen LogP contribution is 2.14. The first-order chi connectivity index (χ1) is 9.33. The molecular formula is C13H11N5O. The summed E-state index contributed by atoms with van der Waals surface area (Å²) in [6, 6.07) is 10.7. The number of amides is 2. The number of nitrogens with one attached hydrogen (secondary N) is 2. The van der Waals surface area contributed by atoms with Crippen LogP contribution >= 0.6 is 0 Å². The minimum absolute atomic E-state index is 0.317. The Kier molecular flexibility index (Phi) is 2.82. The third-order valence-electron chi connectivity index (χ3n) is 2.61. The second-order valence-electron chi connectivity index (χ2n) is 3.91. The van der Waals surface area contributed by atoms with Crippen molar-refractivity contribution in [2.24, 2.45) is 0 Å². The number of carbonyl (C=O) groups excluding carboxylic acids is 1. The molecule has 0 unspecified atom stereocenters. The molecule has 0 atom stereocenters. The van der Waals surface area contributed by atoms with Crippen LogP contribution in [0.25, 0.3) is 5.52 Å². The van der Waals surface area contributed by atoms with E-state index in [0.29, 0.717) is 5.69 Å². The summed E-state index contributed by atoms with van der Waals surface area (Å²) in [4.78, 5) is 15.9. The molecule has 0 radical (unpaired) electrons. The van der Waals surface area contributed by atoms with Crippen molar-refractivity contribution in [1.82, 2.24) is 14.6 Å². The van der Waals surface area contributed by atoms with E-state index in [1.54, 1.807) is 29.3 Å². The first kappa shape index (κ1) is 11.2. The Morgan fingerprint density at radius 1 is 1.11 bits per heavy atom. The topological polar surface area (TPSA) is 71.3 Å². The largest absolute Gasteiger partial charge is 0.323 e. The number of urea groups is 1. The zero-order valence-electron chi connectivity index (χ0n) is 9.95. The van der Waals surface area contributed by atoms with E-state index in [0.717, 1.165) is 11.2 Å². The lowest BCUT2D eigenvalue weighted by atomic mass is 10.3. The van der Waals surface area contributed by atoms with Crippen molar-refractivity contribution in [2.75, 3.05) is 10.6 Å². The van der Waals surface area contributed by atoms with Crippen molar-refractivity contribution in [3.8, 4) is 0 Å². The minimum atomic E-state index is -0.317. The molecule has 19 heavy (non-hydrogen) atoms. The van der Waals surface area contributed by atoms with Gasteiger partial charge in [0, 0.05) is 5.69 Å². The molecule has 0 saturated carbocycles. The minimum Gasteiger partial charge on any atom is -0.308 e. The molecule has 1 aromatic carbocycles. The van der Waals surface area contributed by atoms with Crippen LogP contribution in [0.3, 0.4) is 0 Å². The quantitative estimate of drug-likeness (QED) is 0.736. The maximum absolute atomic E-state index is 11.9. The Balaban J connectivity index is 1.78. The lowest BCUT2D eigenvalue weighted by molar-refractivity contribution is 0.262. The van der Waals surface area contributed by atoms with Gasteiger partial charge in [0.15, 0.2) is 0 Å². The normalized spacial score (nSPS) is 10.3. The van der Waals surface area contributed by atoms with Crippen LogP contribution in [-0.4, -0.2) is 20.6 Å². The Morgan fingerprint density at radius 2 is 1.95 bits per heavy atom. The smallest absolute Gasteiger partial charge is 0.308 e. The van der Waals surface area contributed by atoms with Crippen molar-refractivity contribution < 1.29 is 4.79 Å². The molecule has 2 heterocycles. The van der Waals surface area contributed by atoms with Gasteiger partial charge in [0.25, 0.3) is 0 Å². The lowest BCUT2D eigenvalue weighted by Gasteiger charge is -2.08. The van der Waals surface area contributed by atoms with Crippen LogP contribution in [0.15, 0.2) is 55.1 Å². The highest BCUT2D eigenvalue weighted by Gasteiger charge is 2.06. The van der Waals surface area contributed by atoms with Crippen LogP contribution in [0.4, 0.5) is 16.2 Å². The van der Waals surface area contributed by atoms with Crippen molar-refractivity contribution in [3.05, 3.63) is 55.1 Å². The van der Waals surface area contributed by atoms with Crippen LogP contribution in [0, 0.1) is 0 Å². The van der Waals surface area contributed by atoms with Gasteiger partial charge in [-0.15, -0.1) is 0 Å². The second-order valence-corrected chi connectivity index (χ2v) is 3.91. The van der Waals surface area contributed by atoms with Gasteiger partial charge in [0.1, 0.15) is 6.33 Å². The van der Waals surface area contributed by atoms with E-state index in [2.05, 4.69) is 20.7 Å². The summed E-state index contributed by atoms with van der Waals surface area (Å²) in [5, 5.41) is 9.54. The van der Waals surface area contributed by atoms with Gasteiger partial charge in [-0.25, -0.2) is 14.3 Å². The zero-order valence-corrected chi connectivity index (χ0v) is 9.95. The van der Waals surface area contributed by atoms with Crippen molar-refractivity contribution >= 4 is 22.9 Å². The third-order valence-corrected chi connectivity index (χ3v) is 2.61. The number of rotatable bonds is 2. The number of carbonyl (C=O) groups is 1. The van der Waals surface area contributed by atoms with Gasteiger partial charge in [-0.2, -0.15) is 5.10 Å². The third kappa shape index (κ3) is 2.37. The van der Waals surface area contributed by atoms with Crippen LogP contribution in [-0.2, 0) is 0 Å². The van der Waals surface area contributed by atoms with E-state index in [1.807, 2.05) is 30.3 Å². The molecule has 2 N–H and O–H groups in total. The number of aromatic nitrogens is 3. The van der Waals surface area contributed by atoms with E-state index in [4.69, 9.17) is 0 Å². The fourth-order valence-corrected chi connectivity index (χ4v) is 1.76. The number of benzene rings is 1. The summed E-state index contributed by atoms with van der Waals surface area (Å²) in [5.74, 6) is 0. The number of fused-ring (bicyclic) bond motifs is 1. The van der Waals surface area contributed by atoms with Crippen LogP contribution in [0.1, 0.15) is 0 Å². The molecule has 3 aromatic rings. The van der Waals surface area contributed by atoms with E-state index in [-0.39, 0.29) is 6.03 Å². The molecule has 0 aliphatic carbocycles. The molecule has 0 saturated heterocycles. The van der Waals surface area contributed by atoms with Crippen molar-refractivity contribution in [2.45, 2.75) is 0 Å². The maximum atomic E-state index is 11.9. The fraction of sp³-hybridized carbons (Fsp3) is 0. The molecular weight excluding hydrogens is 242 g/mol. The zero-order chi connectivity index (χ0) is 13.1. The number of para-hydroxylation sites is 1. The van der Waals surface area contributed by atoms with E-state index in [9.17, 15) is 4.79 Å². The average molecular weight is 253 g/mol. The molecule has 0 aliphatic rings. The number of hydrogen-bond acceptors (Lipinski definition) is 3. The van der Waals surface area contributed by atoms with Gasteiger partial charge in [0.2, 0.25) is 0 Å². The van der Waals surface area contributed by atoms with Gasteiger partial charge in [-0.3, -0.25) is 0 Å². The van der Waals surface area contributed by atoms with Gasteiger partial charge in [0.05, 0.1) is 23.6 Å². The molecule has 0 bridgehead atoms. The fourth-order valence-electron chi connectivity index (χ4n) is 1.76. The van der Waals surface area contributed by atoms with Gasteiger partial charge in [-0.1, -0.05) is 18.2 Å². The molecule has 0 spiro atoms.